The van der Waals surface area contributed by atoms with Crippen molar-refractivity contribution in [1.29, 1.82) is 0 Å². The Kier molecular flexibility index (Phi) is 4.20. The first-order chi connectivity index (χ1) is 7.38. The first kappa shape index (κ1) is 12.9. The molecule has 0 aromatic heterocycles. The van der Waals surface area contributed by atoms with Crippen molar-refractivity contribution < 1.29 is 18.8 Å². The molecule has 1 aromatic carbocycles. The lowest BCUT2D eigenvalue weighted by Crippen LogP contribution is -2.34. The molecule has 0 heterocycles. The number of carbonyl (C=O) groups excluding carboxylic acids is 1. The van der Waals surface area contributed by atoms with Crippen LogP contribution >= 0.6 is 7.75 Å². The second-order valence-corrected chi connectivity index (χ2v) is 4.58. The molecule has 0 radical (unpaired) electrons. The Morgan fingerprint density at radius 3 is 2.50 bits per heavy atom. The molecule has 88 valence electrons. The van der Waals surface area contributed by atoms with E-state index >= 15 is 0 Å². The van der Waals surface area contributed by atoms with Crippen molar-refractivity contribution in [2.45, 2.75) is 12.5 Å². The molecule has 0 saturated carbocycles. The summed E-state index contributed by atoms with van der Waals surface area (Å²) in [4.78, 5) is 19.8. The van der Waals surface area contributed by atoms with Crippen molar-refractivity contribution in [3.63, 3.8) is 0 Å². The predicted octanol–water partition coefficient (Wildman–Crippen LogP) is 0.159. The largest absolute Gasteiger partial charge is 0.455 e. The fraction of sp³-hybridized carbons (Fsp3) is 0.222. The monoisotopic (exact) mass is 244 g/mol. The average molecular weight is 244 g/mol. The Balaban J connectivity index is 2.56. The minimum absolute atomic E-state index is 0.222. The van der Waals surface area contributed by atoms with Gasteiger partial charge in [-0.2, -0.15) is 0 Å². The van der Waals surface area contributed by atoms with Crippen molar-refractivity contribution in [3.05, 3.63) is 35.9 Å². The van der Waals surface area contributed by atoms with E-state index in [9.17, 15) is 9.36 Å². The van der Waals surface area contributed by atoms with E-state index in [1.54, 1.807) is 24.3 Å². The van der Waals surface area contributed by atoms with Crippen LogP contribution in [0.3, 0.4) is 0 Å². The number of carbonyl (C=O) groups is 1. The highest BCUT2D eigenvalue weighted by atomic mass is 31.2. The van der Waals surface area contributed by atoms with Crippen LogP contribution in [0, 0.1) is 0 Å². The van der Waals surface area contributed by atoms with Crippen LogP contribution in [-0.4, -0.2) is 16.9 Å². The molecule has 1 aromatic rings. The SMILES string of the molecule is N[C@@H](Cc1ccccc1)C(=O)OP(N)(=O)O. The minimum atomic E-state index is -4.31. The molecule has 1 unspecified atom stereocenters. The number of rotatable bonds is 4. The molecule has 0 bridgehead atoms. The summed E-state index contributed by atoms with van der Waals surface area (Å²) in [5.74, 6) is -0.989. The Morgan fingerprint density at radius 2 is 2.00 bits per heavy atom. The van der Waals surface area contributed by atoms with Gasteiger partial charge >= 0.3 is 13.7 Å². The van der Waals surface area contributed by atoms with E-state index in [-0.39, 0.29) is 6.42 Å². The molecular weight excluding hydrogens is 231 g/mol. The van der Waals surface area contributed by atoms with Gasteiger partial charge in [-0.05, 0) is 12.0 Å². The maximum atomic E-state index is 11.2. The number of hydrogen-bond acceptors (Lipinski definition) is 4. The van der Waals surface area contributed by atoms with Crippen LogP contribution in [0.2, 0.25) is 0 Å². The molecule has 0 saturated heterocycles. The average Bonchev–Trinajstić information content (AvgIpc) is 2.16. The van der Waals surface area contributed by atoms with Crippen LogP contribution in [0.5, 0.6) is 0 Å². The third kappa shape index (κ3) is 4.55. The summed E-state index contributed by atoms with van der Waals surface area (Å²) in [5.41, 5.74) is 11.0. The van der Waals surface area contributed by atoms with Gasteiger partial charge in [0.15, 0.2) is 0 Å². The van der Waals surface area contributed by atoms with Crippen molar-refractivity contribution in [3.8, 4) is 0 Å². The molecule has 16 heavy (non-hydrogen) atoms. The van der Waals surface area contributed by atoms with E-state index in [4.69, 9.17) is 10.6 Å². The van der Waals surface area contributed by atoms with Gasteiger partial charge in [0, 0.05) is 0 Å². The third-order valence-electron chi connectivity index (χ3n) is 1.82. The van der Waals surface area contributed by atoms with Gasteiger partial charge in [0.25, 0.3) is 0 Å². The standard InChI is InChI=1S/C9H13N2O4P/c10-8(9(12)15-16(11,13)14)6-7-4-2-1-3-5-7/h1-5,8H,6,10H2,(H3,11,13,14)/t8-/m0/s1. The fourth-order valence-corrected chi connectivity index (χ4v) is 1.54. The lowest BCUT2D eigenvalue weighted by atomic mass is 10.1. The number of nitrogens with two attached hydrogens (primary N) is 2. The van der Waals surface area contributed by atoms with Crippen molar-refractivity contribution in [2.75, 3.05) is 0 Å². The Labute approximate surface area is 92.8 Å². The zero-order valence-electron chi connectivity index (χ0n) is 8.45. The van der Waals surface area contributed by atoms with Gasteiger partial charge in [-0.3, -0.25) is 0 Å². The molecule has 6 nitrogen and oxygen atoms in total. The number of hydrogen-bond donors (Lipinski definition) is 3. The summed E-state index contributed by atoms with van der Waals surface area (Å²) in [6.45, 7) is 0. The van der Waals surface area contributed by atoms with Gasteiger partial charge in [-0.15, -0.1) is 0 Å². The van der Waals surface area contributed by atoms with Gasteiger partial charge in [0.05, 0.1) is 0 Å². The minimum Gasteiger partial charge on any atom is -0.379 e. The van der Waals surface area contributed by atoms with Crippen LogP contribution in [0.15, 0.2) is 30.3 Å². The van der Waals surface area contributed by atoms with Crippen LogP contribution in [0.1, 0.15) is 5.56 Å². The molecule has 2 atom stereocenters. The first-order valence-corrected chi connectivity index (χ1v) is 6.17. The summed E-state index contributed by atoms with van der Waals surface area (Å²) in [6, 6.07) is 7.99. The summed E-state index contributed by atoms with van der Waals surface area (Å²) in [7, 11) is -4.31. The molecule has 0 amide bonds. The van der Waals surface area contributed by atoms with Gasteiger partial charge in [-0.1, -0.05) is 30.3 Å². The summed E-state index contributed by atoms with van der Waals surface area (Å²) >= 11 is 0. The predicted molar refractivity (Wildman–Crippen MR) is 58.2 cm³/mol. The zero-order valence-corrected chi connectivity index (χ0v) is 9.34. The molecule has 0 spiro atoms. The van der Waals surface area contributed by atoms with E-state index in [0.29, 0.717) is 0 Å². The first-order valence-electron chi connectivity index (χ1n) is 4.53. The van der Waals surface area contributed by atoms with Crippen LogP contribution < -0.4 is 11.2 Å². The van der Waals surface area contributed by atoms with Crippen molar-refractivity contribution in [1.82, 2.24) is 0 Å². The van der Waals surface area contributed by atoms with Crippen molar-refractivity contribution in [2.24, 2.45) is 11.2 Å². The normalized spacial score (nSPS) is 16.2. The highest BCUT2D eigenvalue weighted by Crippen LogP contribution is 2.31. The van der Waals surface area contributed by atoms with Gasteiger partial charge < -0.3 is 15.2 Å². The van der Waals surface area contributed by atoms with Gasteiger partial charge in [-0.25, -0.2) is 14.9 Å². The molecular formula is C9H13N2O4P. The lowest BCUT2D eigenvalue weighted by Gasteiger charge is -2.12. The Hall–Kier alpha value is -1.20. The third-order valence-corrected chi connectivity index (χ3v) is 2.26. The zero-order chi connectivity index (χ0) is 12.2. The molecule has 0 fully saturated rings. The lowest BCUT2D eigenvalue weighted by molar-refractivity contribution is -0.136. The number of benzene rings is 1. The van der Waals surface area contributed by atoms with E-state index in [2.05, 4.69) is 10.0 Å². The van der Waals surface area contributed by atoms with E-state index in [0.717, 1.165) is 5.56 Å². The maximum absolute atomic E-state index is 11.2. The van der Waals surface area contributed by atoms with Gasteiger partial charge in [0.1, 0.15) is 6.04 Å². The highest BCUT2D eigenvalue weighted by Gasteiger charge is 2.23. The molecule has 0 aliphatic rings. The van der Waals surface area contributed by atoms with Crippen LogP contribution in [-0.2, 0) is 20.3 Å². The van der Waals surface area contributed by atoms with Crippen molar-refractivity contribution >= 4 is 13.7 Å². The van der Waals surface area contributed by atoms with E-state index < -0.39 is 19.8 Å². The Morgan fingerprint density at radius 1 is 1.44 bits per heavy atom. The topological polar surface area (TPSA) is 116 Å². The second-order valence-electron chi connectivity index (χ2n) is 3.27. The molecule has 7 heteroatoms. The Bertz CT molecular complexity index is 403. The maximum Gasteiger partial charge on any atom is 0.455 e. The fourth-order valence-electron chi connectivity index (χ4n) is 1.15. The molecule has 5 N–H and O–H groups in total. The van der Waals surface area contributed by atoms with Crippen LogP contribution in [0.25, 0.3) is 0 Å². The van der Waals surface area contributed by atoms with E-state index in [1.807, 2.05) is 6.07 Å². The summed E-state index contributed by atoms with van der Waals surface area (Å²) in [5, 5.41) is 0. The van der Waals surface area contributed by atoms with Crippen LogP contribution in [0.4, 0.5) is 0 Å². The quantitative estimate of drug-likeness (QED) is 0.649. The molecule has 0 aliphatic heterocycles. The van der Waals surface area contributed by atoms with E-state index in [1.165, 1.54) is 0 Å². The van der Waals surface area contributed by atoms with Gasteiger partial charge in [0.2, 0.25) is 0 Å². The highest BCUT2D eigenvalue weighted by molar-refractivity contribution is 7.50. The second kappa shape index (κ2) is 5.23. The molecule has 0 aliphatic carbocycles. The summed E-state index contributed by atoms with van der Waals surface area (Å²) < 4.78 is 14.7. The molecule has 1 rings (SSSR count). The summed E-state index contributed by atoms with van der Waals surface area (Å²) in [6.07, 6.45) is 0.222. The smallest absolute Gasteiger partial charge is 0.379 e.